The molecule has 25 heavy (non-hydrogen) atoms. The molecule has 2 fully saturated rings. The smallest absolute Gasteiger partial charge is 0.225 e. The van der Waals surface area contributed by atoms with Crippen LogP contribution in [0.2, 0.25) is 0 Å². The predicted molar refractivity (Wildman–Crippen MR) is 90.7 cm³/mol. The average molecular weight is 346 g/mol. The molecule has 0 aromatic carbocycles. The fraction of sp³-hybridized carbons (Fsp3) is 0.556. The Labute approximate surface area is 146 Å². The molecule has 0 N–H and O–H groups in total. The van der Waals surface area contributed by atoms with Gasteiger partial charge in [0.2, 0.25) is 5.95 Å². The molecule has 2 aliphatic rings. The van der Waals surface area contributed by atoms with Gasteiger partial charge in [0, 0.05) is 6.54 Å². The van der Waals surface area contributed by atoms with Gasteiger partial charge < -0.3 is 14.1 Å². The Morgan fingerprint density at radius 2 is 2.16 bits per heavy atom. The minimum Gasteiger partial charge on any atom is -0.468 e. The van der Waals surface area contributed by atoms with E-state index in [2.05, 4.69) is 21.9 Å². The van der Waals surface area contributed by atoms with Crippen LogP contribution in [0.15, 0.2) is 35.2 Å². The Morgan fingerprint density at radius 1 is 1.36 bits per heavy atom. The van der Waals surface area contributed by atoms with E-state index in [1.54, 1.807) is 6.26 Å². The van der Waals surface area contributed by atoms with Gasteiger partial charge in [-0.05, 0) is 37.9 Å². The normalized spacial score (nSPS) is 22.4. The van der Waals surface area contributed by atoms with Crippen LogP contribution in [-0.2, 0) is 11.3 Å². The second-order valence-electron chi connectivity index (χ2n) is 7.23. The first-order valence-electron chi connectivity index (χ1n) is 8.69. The molecule has 0 saturated carbocycles. The minimum absolute atomic E-state index is 0.0756. The third-order valence-corrected chi connectivity index (χ3v) is 5.06. The molecule has 7 heteroatoms. The van der Waals surface area contributed by atoms with Crippen LogP contribution in [0.4, 0.5) is 10.3 Å². The molecule has 2 aliphatic heterocycles. The van der Waals surface area contributed by atoms with Crippen molar-refractivity contribution in [2.45, 2.75) is 25.0 Å². The van der Waals surface area contributed by atoms with Gasteiger partial charge in [-0.3, -0.25) is 4.90 Å². The van der Waals surface area contributed by atoms with Gasteiger partial charge in [-0.25, -0.2) is 14.4 Å². The lowest BCUT2D eigenvalue weighted by molar-refractivity contribution is -0.119. The number of furan rings is 1. The highest BCUT2D eigenvalue weighted by Gasteiger charge is 2.47. The highest BCUT2D eigenvalue weighted by atomic mass is 19.1. The van der Waals surface area contributed by atoms with Crippen molar-refractivity contribution in [1.29, 1.82) is 0 Å². The highest BCUT2D eigenvalue weighted by Crippen LogP contribution is 2.37. The molecule has 2 aromatic rings. The summed E-state index contributed by atoms with van der Waals surface area (Å²) in [5, 5.41) is 0. The van der Waals surface area contributed by atoms with E-state index in [-0.39, 0.29) is 5.60 Å². The van der Waals surface area contributed by atoms with Crippen molar-refractivity contribution in [1.82, 2.24) is 14.9 Å². The van der Waals surface area contributed by atoms with Gasteiger partial charge in [-0.2, -0.15) is 0 Å². The lowest BCUT2D eigenvalue weighted by atomic mass is 9.83. The van der Waals surface area contributed by atoms with Crippen LogP contribution in [0, 0.1) is 11.7 Å². The van der Waals surface area contributed by atoms with E-state index in [0.717, 1.165) is 51.4 Å². The zero-order valence-electron chi connectivity index (χ0n) is 14.4. The van der Waals surface area contributed by atoms with Gasteiger partial charge in [0.05, 0.1) is 44.9 Å². The Bertz CT molecular complexity index is 676. The lowest BCUT2D eigenvalue weighted by Gasteiger charge is -2.52. The first kappa shape index (κ1) is 16.5. The number of nitrogens with zero attached hydrogens (tertiary/aromatic N) is 4. The number of rotatable bonds is 5. The van der Waals surface area contributed by atoms with Crippen molar-refractivity contribution >= 4 is 5.95 Å². The van der Waals surface area contributed by atoms with E-state index in [9.17, 15) is 4.39 Å². The van der Waals surface area contributed by atoms with Crippen LogP contribution in [-0.4, -0.2) is 53.8 Å². The Morgan fingerprint density at radius 3 is 2.80 bits per heavy atom. The van der Waals surface area contributed by atoms with Crippen molar-refractivity contribution in [3.63, 3.8) is 0 Å². The number of hydrogen-bond donors (Lipinski definition) is 0. The standard InChI is InChI=1S/C18H23FN4O2/c1-22(10-16-3-2-6-24-16)9-14-4-5-18(25-11-14)12-23(13-18)17-20-7-15(19)8-21-17/h2-3,6-8,14H,4-5,9-13H2,1H3/t14-/m1/s1. The molecule has 134 valence electrons. The molecule has 0 aliphatic carbocycles. The van der Waals surface area contributed by atoms with Gasteiger partial charge in [0.1, 0.15) is 11.4 Å². The van der Waals surface area contributed by atoms with Crippen molar-refractivity contribution < 1.29 is 13.5 Å². The Kier molecular flexibility index (Phi) is 4.43. The number of aromatic nitrogens is 2. The van der Waals surface area contributed by atoms with Crippen LogP contribution < -0.4 is 4.90 Å². The largest absolute Gasteiger partial charge is 0.468 e. The Hall–Kier alpha value is -1.99. The molecule has 2 aromatic heterocycles. The summed E-state index contributed by atoms with van der Waals surface area (Å²) in [6, 6.07) is 3.92. The lowest BCUT2D eigenvalue weighted by Crippen LogP contribution is -2.65. The summed E-state index contributed by atoms with van der Waals surface area (Å²) in [5.74, 6) is 1.71. The predicted octanol–water partition coefficient (Wildman–Crippen LogP) is 2.33. The molecule has 1 atom stereocenters. The number of ether oxygens (including phenoxy) is 1. The van der Waals surface area contributed by atoms with Crippen molar-refractivity contribution in [3.8, 4) is 0 Å². The fourth-order valence-electron chi connectivity index (χ4n) is 3.74. The first-order valence-corrected chi connectivity index (χ1v) is 8.69. The molecule has 0 bridgehead atoms. The third kappa shape index (κ3) is 3.67. The quantitative estimate of drug-likeness (QED) is 0.828. The second-order valence-corrected chi connectivity index (χ2v) is 7.23. The maximum absolute atomic E-state index is 12.9. The zero-order chi connectivity index (χ0) is 17.3. The van der Waals surface area contributed by atoms with Crippen molar-refractivity contribution in [2.24, 2.45) is 5.92 Å². The summed E-state index contributed by atoms with van der Waals surface area (Å²) in [4.78, 5) is 12.4. The molecule has 0 radical (unpaired) electrons. The molecule has 2 saturated heterocycles. The fourth-order valence-corrected chi connectivity index (χ4v) is 3.74. The number of halogens is 1. The van der Waals surface area contributed by atoms with Crippen LogP contribution in [0.25, 0.3) is 0 Å². The molecule has 0 amide bonds. The third-order valence-electron chi connectivity index (χ3n) is 5.06. The van der Waals surface area contributed by atoms with E-state index >= 15 is 0 Å². The van der Waals surface area contributed by atoms with Crippen molar-refractivity contribution in [3.05, 3.63) is 42.4 Å². The molecular formula is C18H23FN4O2. The molecule has 4 rings (SSSR count). The highest BCUT2D eigenvalue weighted by molar-refractivity contribution is 5.37. The van der Waals surface area contributed by atoms with E-state index < -0.39 is 5.82 Å². The van der Waals surface area contributed by atoms with Gasteiger partial charge in [-0.15, -0.1) is 0 Å². The van der Waals surface area contributed by atoms with Gasteiger partial charge >= 0.3 is 0 Å². The first-order chi connectivity index (χ1) is 12.1. The monoisotopic (exact) mass is 346 g/mol. The van der Waals surface area contributed by atoms with Crippen LogP contribution in [0.3, 0.4) is 0 Å². The van der Waals surface area contributed by atoms with Gasteiger partial charge in [0.15, 0.2) is 5.82 Å². The maximum Gasteiger partial charge on any atom is 0.225 e. The van der Waals surface area contributed by atoms with E-state index in [1.807, 2.05) is 17.0 Å². The summed E-state index contributed by atoms with van der Waals surface area (Å²) < 4.78 is 24.5. The Balaban J connectivity index is 1.23. The molecular weight excluding hydrogens is 323 g/mol. The molecule has 6 nitrogen and oxygen atoms in total. The summed E-state index contributed by atoms with van der Waals surface area (Å²) in [7, 11) is 2.11. The van der Waals surface area contributed by atoms with E-state index in [1.165, 1.54) is 12.4 Å². The minimum atomic E-state index is -0.408. The summed E-state index contributed by atoms with van der Waals surface area (Å²) in [6.45, 7) is 4.17. The molecule has 0 unspecified atom stereocenters. The topological polar surface area (TPSA) is 54.6 Å². The van der Waals surface area contributed by atoms with Crippen LogP contribution in [0.1, 0.15) is 18.6 Å². The van der Waals surface area contributed by atoms with E-state index in [4.69, 9.17) is 9.15 Å². The summed E-state index contributed by atoms with van der Waals surface area (Å²) >= 11 is 0. The summed E-state index contributed by atoms with van der Waals surface area (Å²) in [6.07, 6.45) is 6.33. The molecule has 4 heterocycles. The zero-order valence-corrected chi connectivity index (χ0v) is 14.4. The van der Waals surface area contributed by atoms with Gasteiger partial charge in [-0.1, -0.05) is 0 Å². The number of anilines is 1. The average Bonchev–Trinajstić information content (AvgIpc) is 3.07. The number of hydrogen-bond acceptors (Lipinski definition) is 6. The maximum atomic E-state index is 12.9. The van der Waals surface area contributed by atoms with Crippen LogP contribution >= 0.6 is 0 Å². The van der Waals surface area contributed by atoms with Gasteiger partial charge in [0.25, 0.3) is 0 Å². The molecule has 1 spiro atoms. The van der Waals surface area contributed by atoms with Crippen LogP contribution in [0.5, 0.6) is 0 Å². The second kappa shape index (κ2) is 6.72. The SMILES string of the molecule is CN(Cc1ccco1)C[C@H]1CCC2(CN(c3ncc(F)cn3)C2)OC1. The van der Waals surface area contributed by atoms with Crippen molar-refractivity contribution in [2.75, 3.05) is 38.2 Å². The summed E-state index contributed by atoms with van der Waals surface area (Å²) in [5.41, 5.74) is -0.0756. The van der Waals surface area contributed by atoms with E-state index in [0.29, 0.717) is 11.9 Å².